The molecular weight excluding hydrogens is 378 g/mol. The fraction of sp³-hybridized carbons (Fsp3) is 0.211. The molecule has 1 aromatic carbocycles. The highest BCUT2D eigenvalue weighted by molar-refractivity contribution is 7.21. The number of aromatic nitrogens is 2. The van der Waals surface area contributed by atoms with Gasteiger partial charge in [0.05, 0.1) is 23.3 Å². The molecule has 138 valence electrons. The molecule has 4 aromatic rings. The van der Waals surface area contributed by atoms with Crippen molar-refractivity contribution in [2.75, 3.05) is 7.05 Å². The van der Waals surface area contributed by atoms with Crippen LogP contribution in [0.15, 0.2) is 52.0 Å². The van der Waals surface area contributed by atoms with E-state index in [2.05, 4.69) is 31.7 Å². The fourth-order valence-corrected chi connectivity index (χ4v) is 4.25. The second-order valence-corrected chi connectivity index (χ2v) is 8.25. The molecular formula is C19H19N5OS2. The number of hydrogen-bond donors (Lipinski definition) is 2. The minimum absolute atomic E-state index is 0.543. The maximum absolute atomic E-state index is 5.95. The third-order valence-electron chi connectivity index (χ3n) is 3.90. The molecule has 3 aromatic heterocycles. The average Bonchev–Trinajstić information content (AvgIpc) is 3.40. The van der Waals surface area contributed by atoms with Crippen LogP contribution in [0.5, 0.6) is 0 Å². The summed E-state index contributed by atoms with van der Waals surface area (Å²) in [6.45, 7) is 3.24. The summed E-state index contributed by atoms with van der Waals surface area (Å²) in [6, 6.07) is 12.0. The predicted octanol–water partition coefficient (Wildman–Crippen LogP) is 4.19. The van der Waals surface area contributed by atoms with Gasteiger partial charge < -0.3 is 15.1 Å². The van der Waals surface area contributed by atoms with Crippen molar-refractivity contribution < 1.29 is 4.42 Å². The number of rotatable bonds is 5. The van der Waals surface area contributed by atoms with E-state index in [4.69, 9.17) is 4.42 Å². The monoisotopic (exact) mass is 397 g/mol. The van der Waals surface area contributed by atoms with Crippen LogP contribution in [0, 0.1) is 6.92 Å². The summed E-state index contributed by atoms with van der Waals surface area (Å²) >= 11 is 3.31. The molecule has 0 aliphatic carbocycles. The zero-order valence-corrected chi connectivity index (χ0v) is 16.7. The zero-order valence-electron chi connectivity index (χ0n) is 15.0. The molecule has 0 atom stereocenters. The number of hydrogen-bond acceptors (Lipinski definition) is 6. The Morgan fingerprint density at radius 1 is 1.11 bits per heavy atom. The normalized spacial score (nSPS) is 11.9. The highest BCUT2D eigenvalue weighted by atomic mass is 32.1. The molecule has 0 saturated heterocycles. The van der Waals surface area contributed by atoms with E-state index < -0.39 is 0 Å². The SMILES string of the molecule is CN=C(NCc1ccc(-c2nc3ccccc3s2)o1)NCc1ncc(C)s1. The summed E-state index contributed by atoms with van der Waals surface area (Å²) in [6.07, 6.45) is 1.88. The molecule has 0 aliphatic heterocycles. The maximum atomic E-state index is 5.95. The molecule has 4 rings (SSSR count). The second-order valence-electron chi connectivity index (χ2n) is 5.90. The first-order valence-electron chi connectivity index (χ1n) is 8.52. The molecule has 6 nitrogen and oxygen atoms in total. The van der Waals surface area contributed by atoms with Gasteiger partial charge >= 0.3 is 0 Å². The van der Waals surface area contributed by atoms with Gasteiger partial charge in [0, 0.05) is 18.1 Å². The number of benzene rings is 1. The lowest BCUT2D eigenvalue weighted by Gasteiger charge is -2.09. The molecule has 0 radical (unpaired) electrons. The summed E-state index contributed by atoms with van der Waals surface area (Å²) in [5.41, 5.74) is 0.996. The summed E-state index contributed by atoms with van der Waals surface area (Å²) in [5.74, 6) is 2.33. The van der Waals surface area contributed by atoms with Crippen LogP contribution in [0.1, 0.15) is 15.6 Å². The molecule has 0 spiro atoms. The Kier molecular flexibility index (Phi) is 5.17. The topological polar surface area (TPSA) is 75.3 Å². The number of furan rings is 1. The molecule has 8 heteroatoms. The molecule has 0 saturated carbocycles. The van der Waals surface area contributed by atoms with E-state index in [9.17, 15) is 0 Å². The molecule has 0 bridgehead atoms. The van der Waals surface area contributed by atoms with Crippen LogP contribution in [0.2, 0.25) is 0 Å². The van der Waals surface area contributed by atoms with Crippen LogP contribution < -0.4 is 10.6 Å². The van der Waals surface area contributed by atoms with Crippen LogP contribution >= 0.6 is 22.7 Å². The van der Waals surface area contributed by atoms with Crippen molar-refractivity contribution in [3.05, 3.63) is 58.2 Å². The minimum Gasteiger partial charge on any atom is -0.457 e. The number of nitrogens with zero attached hydrogens (tertiary/aromatic N) is 3. The molecule has 0 unspecified atom stereocenters. The largest absolute Gasteiger partial charge is 0.457 e. The van der Waals surface area contributed by atoms with Gasteiger partial charge in [-0.2, -0.15) is 0 Å². The highest BCUT2D eigenvalue weighted by Gasteiger charge is 2.11. The highest BCUT2D eigenvalue weighted by Crippen LogP contribution is 2.31. The summed E-state index contributed by atoms with van der Waals surface area (Å²) in [5, 5.41) is 8.45. The molecule has 2 N–H and O–H groups in total. The number of fused-ring (bicyclic) bond motifs is 1. The molecule has 0 fully saturated rings. The van der Waals surface area contributed by atoms with Crippen molar-refractivity contribution in [3.8, 4) is 10.8 Å². The van der Waals surface area contributed by atoms with E-state index in [0.29, 0.717) is 19.0 Å². The van der Waals surface area contributed by atoms with Gasteiger partial charge in [0.25, 0.3) is 0 Å². The van der Waals surface area contributed by atoms with Gasteiger partial charge in [-0.25, -0.2) is 9.97 Å². The second kappa shape index (κ2) is 7.89. The molecule has 0 amide bonds. The van der Waals surface area contributed by atoms with Crippen LogP contribution in [-0.4, -0.2) is 23.0 Å². The quantitative estimate of drug-likeness (QED) is 0.390. The van der Waals surface area contributed by atoms with Crippen molar-refractivity contribution in [2.24, 2.45) is 4.99 Å². The van der Waals surface area contributed by atoms with Crippen molar-refractivity contribution in [1.82, 2.24) is 20.6 Å². The molecule has 0 aliphatic rings. The number of aryl methyl sites for hydroxylation is 1. The van der Waals surface area contributed by atoms with Crippen molar-refractivity contribution in [1.29, 1.82) is 0 Å². The van der Waals surface area contributed by atoms with Gasteiger partial charge in [0.15, 0.2) is 16.7 Å². The lowest BCUT2D eigenvalue weighted by molar-refractivity contribution is 0.513. The first-order chi connectivity index (χ1) is 13.2. The number of aliphatic imine (C=N–C) groups is 1. The van der Waals surface area contributed by atoms with Crippen molar-refractivity contribution >= 4 is 38.8 Å². The molecule has 3 heterocycles. The van der Waals surface area contributed by atoms with Gasteiger partial charge in [0.1, 0.15) is 10.8 Å². The first-order valence-corrected chi connectivity index (χ1v) is 10.1. The average molecular weight is 398 g/mol. The van der Waals surface area contributed by atoms with Crippen molar-refractivity contribution in [2.45, 2.75) is 20.0 Å². The first kappa shape index (κ1) is 17.7. The predicted molar refractivity (Wildman–Crippen MR) is 111 cm³/mol. The molecule has 27 heavy (non-hydrogen) atoms. The van der Waals surface area contributed by atoms with Crippen LogP contribution in [0.25, 0.3) is 21.0 Å². The smallest absolute Gasteiger partial charge is 0.191 e. The van der Waals surface area contributed by atoms with Crippen molar-refractivity contribution in [3.63, 3.8) is 0 Å². The number of para-hydroxylation sites is 1. The van der Waals surface area contributed by atoms with E-state index >= 15 is 0 Å². The lowest BCUT2D eigenvalue weighted by Crippen LogP contribution is -2.36. The zero-order chi connectivity index (χ0) is 18.6. The Hall–Kier alpha value is -2.71. The van der Waals surface area contributed by atoms with E-state index in [-0.39, 0.29) is 0 Å². The van der Waals surface area contributed by atoms with Crippen LogP contribution in [0.3, 0.4) is 0 Å². The Balaban J connectivity index is 1.37. The Morgan fingerprint density at radius 2 is 1.96 bits per heavy atom. The van der Waals surface area contributed by atoms with Gasteiger partial charge in [-0.05, 0) is 31.2 Å². The van der Waals surface area contributed by atoms with E-state index in [1.54, 1.807) is 29.7 Å². The Bertz CT molecular complexity index is 1050. The van der Waals surface area contributed by atoms with Gasteiger partial charge in [-0.1, -0.05) is 12.1 Å². The maximum Gasteiger partial charge on any atom is 0.191 e. The summed E-state index contributed by atoms with van der Waals surface area (Å²) in [4.78, 5) is 14.4. The Labute approximate surface area is 165 Å². The van der Waals surface area contributed by atoms with Crippen LogP contribution in [-0.2, 0) is 13.1 Å². The fourth-order valence-electron chi connectivity index (χ4n) is 2.60. The minimum atomic E-state index is 0.543. The van der Waals surface area contributed by atoms with E-state index in [0.717, 1.165) is 31.8 Å². The van der Waals surface area contributed by atoms with Gasteiger partial charge in [0.2, 0.25) is 0 Å². The summed E-state index contributed by atoms with van der Waals surface area (Å²) < 4.78 is 7.11. The standard InChI is InChI=1S/C19H19N5OS2/c1-12-9-21-17(26-12)11-23-19(20-2)22-10-13-7-8-15(25-13)18-24-14-5-3-4-6-16(14)27-18/h3-9H,10-11H2,1-2H3,(H2,20,22,23). The van der Waals surface area contributed by atoms with Gasteiger partial charge in [-0.3, -0.25) is 4.99 Å². The lowest BCUT2D eigenvalue weighted by atomic mass is 10.3. The van der Waals surface area contributed by atoms with E-state index in [1.165, 1.54) is 4.88 Å². The van der Waals surface area contributed by atoms with Gasteiger partial charge in [-0.15, -0.1) is 22.7 Å². The number of thiazole rings is 2. The third kappa shape index (κ3) is 4.17. The Morgan fingerprint density at radius 3 is 2.74 bits per heavy atom. The van der Waals surface area contributed by atoms with E-state index in [1.807, 2.05) is 43.5 Å². The summed E-state index contributed by atoms with van der Waals surface area (Å²) in [7, 11) is 1.75. The van der Waals surface area contributed by atoms with Crippen LogP contribution in [0.4, 0.5) is 0 Å². The third-order valence-corrected chi connectivity index (χ3v) is 5.86. The number of nitrogens with one attached hydrogen (secondary N) is 2. The number of guanidine groups is 1.